The minimum atomic E-state index is -0.146. The Morgan fingerprint density at radius 2 is 1.90 bits per heavy atom. The number of hydrogen-bond donors (Lipinski definition) is 0. The highest BCUT2D eigenvalue weighted by Gasteiger charge is 2.37. The van der Waals surface area contributed by atoms with Gasteiger partial charge in [-0.2, -0.15) is 10.5 Å². The van der Waals surface area contributed by atoms with Crippen molar-refractivity contribution in [2.75, 3.05) is 11.9 Å². The molecule has 2 rings (SSSR count). The number of benzene rings is 1. The Kier molecular flexibility index (Phi) is 3.91. The van der Waals surface area contributed by atoms with Gasteiger partial charge in [0.2, 0.25) is 5.71 Å². The van der Waals surface area contributed by atoms with Gasteiger partial charge < -0.3 is 4.90 Å². The van der Waals surface area contributed by atoms with Crippen LogP contribution in [0.25, 0.3) is 0 Å². The van der Waals surface area contributed by atoms with E-state index in [1.807, 2.05) is 25.3 Å². The van der Waals surface area contributed by atoms with E-state index in [1.165, 1.54) is 17.5 Å². The molecule has 0 amide bonds. The maximum atomic E-state index is 8.62. The minimum absolute atomic E-state index is 0.0906. The molecule has 0 radical (unpaired) electrons. The first-order valence-corrected chi connectivity index (χ1v) is 6.61. The summed E-state index contributed by atoms with van der Waals surface area (Å²) in [5, 5.41) is 17.2. The predicted molar refractivity (Wildman–Crippen MR) is 83.8 cm³/mol. The van der Waals surface area contributed by atoms with Crippen molar-refractivity contribution in [3.8, 4) is 12.1 Å². The van der Waals surface area contributed by atoms with Gasteiger partial charge in [-0.05, 0) is 23.8 Å². The van der Waals surface area contributed by atoms with Gasteiger partial charge in [-0.15, -0.1) is 0 Å². The van der Waals surface area contributed by atoms with Crippen molar-refractivity contribution in [2.24, 2.45) is 4.99 Å². The largest absolute Gasteiger partial charge is 0.347 e. The summed E-state index contributed by atoms with van der Waals surface area (Å²) in [5.74, 6) is 0. The van der Waals surface area contributed by atoms with Crippen LogP contribution in [-0.4, -0.2) is 12.8 Å². The van der Waals surface area contributed by atoms with Crippen LogP contribution in [0.15, 0.2) is 53.3 Å². The van der Waals surface area contributed by atoms with Crippen molar-refractivity contribution in [2.45, 2.75) is 19.3 Å². The molecule has 0 bridgehead atoms. The maximum absolute atomic E-state index is 8.62. The third-order valence-electron chi connectivity index (χ3n) is 3.70. The quantitative estimate of drug-likeness (QED) is 0.778. The third kappa shape index (κ3) is 2.57. The van der Waals surface area contributed by atoms with E-state index in [0.717, 1.165) is 5.70 Å². The summed E-state index contributed by atoms with van der Waals surface area (Å²) in [4.78, 5) is 5.95. The van der Waals surface area contributed by atoms with Crippen LogP contribution in [0.5, 0.6) is 0 Å². The van der Waals surface area contributed by atoms with E-state index in [9.17, 15) is 0 Å². The van der Waals surface area contributed by atoms with E-state index in [2.05, 4.69) is 35.9 Å². The molecule has 1 aliphatic heterocycles. The zero-order valence-electron chi connectivity index (χ0n) is 12.3. The Hall–Kier alpha value is -2.85. The first kappa shape index (κ1) is 14.6. The van der Waals surface area contributed by atoms with Gasteiger partial charge in [-0.25, -0.2) is 4.99 Å². The minimum Gasteiger partial charge on any atom is -0.347 e. The first-order chi connectivity index (χ1) is 10.0. The molecule has 104 valence electrons. The molecule has 0 aromatic heterocycles. The van der Waals surface area contributed by atoms with E-state index in [0.29, 0.717) is 0 Å². The molecule has 0 saturated carbocycles. The average Bonchev–Trinajstić information content (AvgIpc) is 2.68. The van der Waals surface area contributed by atoms with Crippen LogP contribution < -0.4 is 4.90 Å². The molecule has 0 fully saturated rings. The molecule has 0 aliphatic carbocycles. The second kappa shape index (κ2) is 5.64. The SMILES string of the molecule is CN1C(=CC=CN=C(C#N)C#N)C(C)(C)c2ccccc21. The number of anilines is 1. The molecular weight excluding hydrogens is 260 g/mol. The van der Waals surface area contributed by atoms with Gasteiger partial charge in [0, 0.05) is 30.0 Å². The maximum Gasteiger partial charge on any atom is 0.217 e. The van der Waals surface area contributed by atoms with Crippen molar-refractivity contribution in [3.63, 3.8) is 0 Å². The van der Waals surface area contributed by atoms with Crippen LogP contribution >= 0.6 is 0 Å². The average molecular weight is 276 g/mol. The molecular formula is C17H16N4. The number of para-hydroxylation sites is 1. The van der Waals surface area contributed by atoms with Crippen LogP contribution in [0.2, 0.25) is 0 Å². The van der Waals surface area contributed by atoms with Crippen LogP contribution in [0.3, 0.4) is 0 Å². The van der Waals surface area contributed by atoms with E-state index in [1.54, 1.807) is 18.2 Å². The van der Waals surface area contributed by atoms with E-state index in [-0.39, 0.29) is 11.1 Å². The van der Waals surface area contributed by atoms with Crippen LogP contribution in [-0.2, 0) is 5.41 Å². The Bertz CT molecular complexity index is 708. The second-order valence-electron chi connectivity index (χ2n) is 5.30. The summed E-state index contributed by atoms with van der Waals surface area (Å²) in [7, 11) is 2.03. The summed E-state index contributed by atoms with van der Waals surface area (Å²) in [6.07, 6.45) is 5.20. The lowest BCUT2D eigenvalue weighted by Crippen LogP contribution is -2.22. The van der Waals surface area contributed by atoms with Crippen molar-refractivity contribution < 1.29 is 0 Å². The smallest absolute Gasteiger partial charge is 0.217 e. The van der Waals surface area contributed by atoms with Crippen molar-refractivity contribution in [1.29, 1.82) is 10.5 Å². The Labute approximate surface area is 125 Å². The van der Waals surface area contributed by atoms with Crippen molar-refractivity contribution >= 4 is 11.4 Å². The van der Waals surface area contributed by atoms with E-state index >= 15 is 0 Å². The lowest BCUT2D eigenvalue weighted by atomic mass is 9.84. The van der Waals surface area contributed by atoms with Crippen LogP contribution in [0, 0.1) is 22.7 Å². The topological polar surface area (TPSA) is 63.2 Å². The second-order valence-corrected chi connectivity index (χ2v) is 5.30. The van der Waals surface area contributed by atoms with Gasteiger partial charge in [-0.3, -0.25) is 0 Å². The number of aliphatic imine (C=N–C) groups is 1. The standard InChI is InChI=1S/C17H16N4/c1-17(2)14-7-4-5-8-15(14)21(3)16(17)9-6-10-20-13(11-18)12-19/h4-10H,1-3H3. The molecule has 4 nitrogen and oxygen atoms in total. The molecule has 1 aromatic rings. The number of rotatable bonds is 2. The monoisotopic (exact) mass is 276 g/mol. The van der Waals surface area contributed by atoms with Crippen LogP contribution in [0.1, 0.15) is 19.4 Å². The van der Waals surface area contributed by atoms with Gasteiger partial charge in [0.05, 0.1) is 0 Å². The molecule has 0 unspecified atom stereocenters. The molecule has 0 atom stereocenters. The lowest BCUT2D eigenvalue weighted by molar-refractivity contribution is 0.640. The predicted octanol–water partition coefficient (Wildman–Crippen LogP) is 3.30. The first-order valence-electron chi connectivity index (χ1n) is 6.61. The van der Waals surface area contributed by atoms with Crippen molar-refractivity contribution in [1.82, 2.24) is 0 Å². The number of allylic oxidation sites excluding steroid dienone is 3. The summed E-state index contributed by atoms with van der Waals surface area (Å²) >= 11 is 0. The highest BCUT2D eigenvalue weighted by atomic mass is 15.2. The third-order valence-corrected chi connectivity index (χ3v) is 3.70. The summed E-state index contributed by atoms with van der Waals surface area (Å²) in [6, 6.07) is 11.8. The summed E-state index contributed by atoms with van der Waals surface area (Å²) < 4.78 is 0. The highest BCUT2D eigenvalue weighted by molar-refractivity contribution is 6.10. The number of hydrogen-bond acceptors (Lipinski definition) is 4. The summed E-state index contributed by atoms with van der Waals surface area (Å²) in [6.45, 7) is 4.35. The van der Waals surface area contributed by atoms with Gasteiger partial charge >= 0.3 is 0 Å². The fraction of sp³-hybridized carbons (Fsp3) is 0.235. The molecule has 4 heteroatoms. The molecule has 1 aromatic carbocycles. The van der Waals surface area contributed by atoms with E-state index in [4.69, 9.17) is 10.5 Å². The van der Waals surface area contributed by atoms with Gasteiger partial charge in [0.15, 0.2) is 0 Å². The molecule has 0 saturated heterocycles. The Balaban J connectivity index is 2.33. The molecule has 0 spiro atoms. The van der Waals surface area contributed by atoms with Crippen molar-refractivity contribution in [3.05, 3.63) is 53.9 Å². The molecule has 21 heavy (non-hydrogen) atoms. The van der Waals surface area contributed by atoms with Gasteiger partial charge in [0.1, 0.15) is 12.1 Å². The Morgan fingerprint density at radius 3 is 2.52 bits per heavy atom. The van der Waals surface area contributed by atoms with Gasteiger partial charge in [-0.1, -0.05) is 32.0 Å². The molecule has 1 heterocycles. The number of fused-ring (bicyclic) bond motifs is 1. The molecule has 0 N–H and O–H groups in total. The van der Waals surface area contributed by atoms with Gasteiger partial charge in [0.25, 0.3) is 0 Å². The zero-order chi connectivity index (χ0) is 15.5. The Morgan fingerprint density at radius 1 is 1.24 bits per heavy atom. The fourth-order valence-corrected chi connectivity index (χ4v) is 2.64. The fourth-order valence-electron chi connectivity index (χ4n) is 2.64. The highest BCUT2D eigenvalue weighted by Crippen LogP contribution is 2.46. The lowest BCUT2D eigenvalue weighted by Gasteiger charge is -2.23. The number of likely N-dealkylation sites (N-methyl/N-ethyl adjacent to an activating group) is 1. The normalized spacial score (nSPS) is 17.4. The van der Waals surface area contributed by atoms with Crippen LogP contribution in [0.4, 0.5) is 5.69 Å². The zero-order valence-corrected chi connectivity index (χ0v) is 12.3. The van der Waals surface area contributed by atoms with E-state index < -0.39 is 0 Å². The number of nitriles is 2. The summed E-state index contributed by atoms with van der Waals surface area (Å²) in [5.41, 5.74) is 3.38. The molecule has 1 aliphatic rings. The number of nitrogens with zero attached hydrogens (tertiary/aromatic N) is 4.